The first-order valence-electron chi connectivity index (χ1n) is 10.0. The molecule has 0 bridgehead atoms. The topological polar surface area (TPSA) is 95.9 Å². The highest BCUT2D eigenvalue weighted by atomic mass is 16.5. The summed E-state index contributed by atoms with van der Waals surface area (Å²) < 4.78 is 5.53. The quantitative estimate of drug-likeness (QED) is 0.393. The van der Waals surface area contributed by atoms with Crippen molar-refractivity contribution < 1.29 is 24.5 Å². The van der Waals surface area contributed by atoms with Crippen molar-refractivity contribution in [2.75, 3.05) is 7.05 Å². The molecule has 3 N–H and O–H groups in total. The number of nitrogens with one attached hydrogen (secondary N) is 1. The van der Waals surface area contributed by atoms with E-state index in [0.717, 1.165) is 25.7 Å². The van der Waals surface area contributed by atoms with Crippen LogP contribution in [0.3, 0.4) is 0 Å². The van der Waals surface area contributed by atoms with Crippen molar-refractivity contribution in [1.82, 2.24) is 5.32 Å². The van der Waals surface area contributed by atoms with E-state index in [1.165, 1.54) is 12.5 Å². The summed E-state index contributed by atoms with van der Waals surface area (Å²) in [5.74, 6) is 0.196. The average Bonchev–Trinajstić information content (AvgIpc) is 2.73. The molecule has 0 saturated heterocycles. The molecule has 0 unspecified atom stereocenters. The predicted octanol–water partition coefficient (Wildman–Crippen LogP) is 3.57. The molecule has 154 valence electrons. The fourth-order valence-corrected chi connectivity index (χ4v) is 3.85. The van der Waals surface area contributed by atoms with Crippen molar-refractivity contribution >= 4 is 11.9 Å². The largest absolute Gasteiger partial charge is 0.426 e. The summed E-state index contributed by atoms with van der Waals surface area (Å²) in [7, 11) is 1.55. The summed E-state index contributed by atoms with van der Waals surface area (Å²) in [5.41, 5.74) is 1.84. The normalized spacial score (nSPS) is 14.6. The predicted molar refractivity (Wildman–Crippen MR) is 109 cm³/mol. The van der Waals surface area contributed by atoms with Crippen LogP contribution in [0.4, 0.5) is 0 Å². The Kier molecular flexibility index (Phi) is 7.01. The minimum atomic E-state index is -1.69. The van der Waals surface area contributed by atoms with Crippen molar-refractivity contribution in [2.45, 2.75) is 44.8 Å². The lowest BCUT2D eigenvalue weighted by Crippen LogP contribution is -2.17. The highest BCUT2D eigenvalue weighted by molar-refractivity contribution is 5.95. The number of ether oxygens (including phenoxy) is 1. The van der Waals surface area contributed by atoms with Gasteiger partial charge in [-0.1, -0.05) is 31.4 Å². The van der Waals surface area contributed by atoms with Crippen LogP contribution in [0.2, 0.25) is 0 Å². The molecule has 0 atom stereocenters. The van der Waals surface area contributed by atoms with E-state index in [9.17, 15) is 19.8 Å². The Morgan fingerprint density at radius 2 is 1.86 bits per heavy atom. The van der Waals surface area contributed by atoms with Crippen molar-refractivity contribution in [3.63, 3.8) is 0 Å². The first kappa shape index (κ1) is 21.0. The van der Waals surface area contributed by atoms with E-state index >= 15 is 0 Å². The summed E-state index contributed by atoms with van der Waals surface area (Å²) in [6.07, 6.45) is 4.37. The molecular weight excluding hydrogens is 370 g/mol. The maximum absolute atomic E-state index is 12.4. The van der Waals surface area contributed by atoms with Crippen molar-refractivity contribution in [2.24, 2.45) is 5.92 Å². The van der Waals surface area contributed by atoms with Crippen LogP contribution in [0.25, 0.3) is 11.1 Å². The van der Waals surface area contributed by atoms with E-state index in [1.807, 2.05) is 0 Å². The van der Waals surface area contributed by atoms with E-state index in [4.69, 9.17) is 4.74 Å². The highest BCUT2D eigenvalue weighted by Gasteiger charge is 2.19. The van der Waals surface area contributed by atoms with Gasteiger partial charge in [-0.2, -0.15) is 0 Å². The van der Waals surface area contributed by atoms with Crippen LogP contribution in [0.1, 0.15) is 60.7 Å². The van der Waals surface area contributed by atoms with Gasteiger partial charge in [0, 0.05) is 24.6 Å². The lowest BCUT2D eigenvalue weighted by Gasteiger charge is -2.20. The first-order valence-corrected chi connectivity index (χ1v) is 10.0. The van der Waals surface area contributed by atoms with E-state index in [1.54, 1.807) is 43.4 Å². The third-order valence-electron chi connectivity index (χ3n) is 5.38. The molecule has 3 rings (SSSR count). The number of esters is 1. The van der Waals surface area contributed by atoms with Gasteiger partial charge in [0.2, 0.25) is 0 Å². The number of carbonyl (C=O) groups excluding carboxylic acids is 2. The summed E-state index contributed by atoms with van der Waals surface area (Å²) in [5, 5.41) is 22.1. The molecule has 2 aromatic rings. The molecule has 1 aliphatic carbocycles. The Morgan fingerprint density at radius 1 is 1.10 bits per heavy atom. The van der Waals surface area contributed by atoms with Crippen LogP contribution < -0.4 is 10.1 Å². The first-order chi connectivity index (χ1) is 14.0. The summed E-state index contributed by atoms with van der Waals surface area (Å²) in [6, 6.07) is 11.5. The van der Waals surface area contributed by atoms with Crippen molar-refractivity contribution in [3.8, 4) is 16.9 Å². The number of rotatable bonds is 6. The third kappa shape index (κ3) is 5.43. The van der Waals surface area contributed by atoms with E-state index < -0.39 is 6.29 Å². The number of amides is 1. The summed E-state index contributed by atoms with van der Waals surface area (Å²) in [4.78, 5) is 24.3. The minimum absolute atomic E-state index is 0.243. The van der Waals surface area contributed by atoms with Crippen LogP contribution >= 0.6 is 0 Å². The Morgan fingerprint density at radius 3 is 2.55 bits per heavy atom. The number of benzene rings is 2. The maximum Gasteiger partial charge on any atom is 0.311 e. The van der Waals surface area contributed by atoms with Gasteiger partial charge in [0.15, 0.2) is 6.29 Å². The Labute approximate surface area is 170 Å². The summed E-state index contributed by atoms with van der Waals surface area (Å²) in [6.45, 7) is 0. The second kappa shape index (κ2) is 9.67. The van der Waals surface area contributed by atoms with Crippen LogP contribution in [-0.4, -0.2) is 29.1 Å². The number of carbonyl (C=O) groups is 2. The minimum Gasteiger partial charge on any atom is -0.426 e. The van der Waals surface area contributed by atoms with Gasteiger partial charge < -0.3 is 20.3 Å². The number of aliphatic hydroxyl groups is 2. The number of hydrogen-bond acceptors (Lipinski definition) is 5. The Balaban J connectivity index is 1.84. The van der Waals surface area contributed by atoms with Gasteiger partial charge >= 0.3 is 5.97 Å². The zero-order valence-corrected chi connectivity index (χ0v) is 16.6. The van der Waals surface area contributed by atoms with Gasteiger partial charge in [-0.05, 0) is 60.2 Å². The molecule has 1 amide bonds. The van der Waals surface area contributed by atoms with Gasteiger partial charge in [-0.25, -0.2) is 0 Å². The molecule has 29 heavy (non-hydrogen) atoms. The molecule has 6 nitrogen and oxygen atoms in total. The Hall–Kier alpha value is -2.70. The zero-order chi connectivity index (χ0) is 20.8. The second-order valence-electron chi connectivity index (χ2n) is 7.46. The highest BCUT2D eigenvalue weighted by Crippen LogP contribution is 2.32. The lowest BCUT2D eigenvalue weighted by molar-refractivity contribution is -0.135. The molecule has 0 aromatic heterocycles. The molecular formula is C23H27NO5. The van der Waals surface area contributed by atoms with Crippen LogP contribution in [-0.2, 0) is 4.79 Å². The van der Waals surface area contributed by atoms with Gasteiger partial charge in [0.25, 0.3) is 5.91 Å². The van der Waals surface area contributed by atoms with Gasteiger partial charge in [0.1, 0.15) is 5.75 Å². The fourth-order valence-electron chi connectivity index (χ4n) is 3.85. The van der Waals surface area contributed by atoms with Gasteiger partial charge in [-0.15, -0.1) is 0 Å². The van der Waals surface area contributed by atoms with Crippen LogP contribution in [0.15, 0.2) is 42.5 Å². The molecule has 0 heterocycles. The molecule has 0 spiro atoms. The standard InChI is InChI=1S/C23H27NO5/c1-24-22(26)17-9-5-8-16(13-17)20-14-18(10-11-19(20)23(27)28)29-21(25)12-15-6-3-2-4-7-15/h5,8-11,13-15,23,27-28H,2-4,6-7,12H2,1H3,(H,24,26). The lowest BCUT2D eigenvalue weighted by atomic mass is 9.87. The smallest absolute Gasteiger partial charge is 0.311 e. The van der Waals surface area contributed by atoms with Crippen molar-refractivity contribution in [3.05, 3.63) is 53.6 Å². The van der Waals surface area contributed by atoms with Gasteiger partial charge in [-0.3, -0.25) is 9.59 Å². The maximum atomic E-state index is 12.4. The van der Waals surface area contributed by atoms with E-state index in [-0.39, 0.29) is 17.4 Å². The second-order valence-corrected chi connectivity index (χ2v) is 7.46. The number of hydrogen-bond donors (Lipinski definition) is 3. The molecule has 1 fully saturated rings. The van der Waals surface area contributed by atoms with E-state index in [2.05, 4.69) is 5.32 Å². The van der Waals surface area contributed by atoms with Crippen LogP contribution in [0.5, 0.6) is 5.75 Å². The van der Waals surface area contributed by atoms with Crippen molar-refractivity contribution in [1.29, 1.82) is 0 Å². The molecule has 6 heteroatoms. The fraction of sp³-hybridized carbons (Fsp3) is 0.391. The third-order valence-corrected chi connectivity index (χ3v) is 5.38. The molecule has 2 aromatic carbocycles. The SMILES string of the molecule is CNC(=O)c1cccc(-c2cc(OC(=O)CC3CCCCC3)ccc2C(O)O)c1. The number of aliphatic hydroxyl groups excluding tert-OH is 1. The molecule has 0 radical (unpaired) electrons. The summed E-state index contributed by atoms with van der Waals surface area (Å²) >= 11 is 0. The molecule has 1 saturated carbocycles. The van der Waals surface area contributed by atoms with Gasteiger partial charge in [0.05, 0.1) is 0 Å². The average molecular weight is 397 g/mol. The van der Waals surface area contributed by atoms with E-state index in [0.29, 0.717) is 34.8 Å². The Bertz CT molecular complexity index is 871. The monoisotopic (exact) mass is 397 g/mol. The van der Waals surface area contributed by atoms with Crippen LogP contribution in [0, 0.1) is 5.92 Å². The zero-order valence-electron chi connectivity index (χ0n) is 16.6. The molecule has 0 aliphatic heterocycles. The molecule has 1 aliphatic rings.